The lowest BCUT2D eigenvalue weighted by molar-refractivity contribution is 0.0526. The van der Waals surface area contributed by atoms with Crippen LogP contribution in [0, 0.1) is 6.92 Å². The largest absolute Gasteiger partial charge is 0.462 e. The van der Waals surface area contributed by atoms with Gasteiger partial charge in [0.05, 0.1) is 6.61 Å². The second-order valence-corrected chi connectivity index (χ2v) is 6.37. The molecule has 2 aromatic carbocycles. The van der Waals surface area contributed by atoms with Crippen molar-refractivity contribution in [2.45, 2.75) is 26.8 Å². The molecule has 3 aromatic rings. The number of aryl methyl sites for hydroxylation is 1. The third-order valence-electron chi connectivity index (χ3n) is 4.82. The smallest absolute Gasteiger partial charge is 0.342 e. The minimum atomic E-state index is -0.320. The summed E-state index contributed by atoms with van der Waals surface area (Å²) in [6.07, 6.45) is 1.03. The Morgan fingerprint density at radius 2 is 2.00 bits per heavy atom. The number of hydrogen-bond donors (Lipinski definition) is 0. The van der Waals surface area contributed by atoms with Crippen molar-refractivity contribution in [3.05, 3.63) is 64.9 Å². The van der Waals surface area contributed by atoms with Crippen molar-refractivity contribution in [3.63, 3.8) is 0 Å². The summed E-state index contributed by atoms with van der Waals surface area (Å²) in [5.74, 6) is 0.287. The summed E-state index contributed by atoms with van der Waals surface area (Å²) in [4.78, 5) is 14.6. The molecule has 128 valence electrons. The Kier molecular flexibility index (Phi) is 3.96. The molecule has 1 aliphatic heterocycles. The third kappa shape index (κ3) is 2.78. The summed E-state index contributed by atoms with van der Waals surface area (Å²) in [5.41, 5.74) is 5.15. The molecule has 1 aliphatic rings. The first-order valence-electron chi connectivity index (χ1n) is 8.69. The zero-order valence-corrected chi connectivity index (χ0v) is 14.5. The number of ether oxygens (including phenoxy) is 1. The van der Waals surface area contributed by atoms with Crippen LogP contribution in [0.2, 0.25) is 0 Å². The average molecular weight is 335 g/mol. The van der Waals surface area contributed by atoms with E-state index in [0.717, 1.165) is 36.2 Å². The van der Waals surface area contributed by atoms with Gasteiger partial charge in [-0.05, 0) is 49.6 Å². The highest BCUT2D eigenvalue weighted by Crippen LogP contribution is 2.32. The van der Waals surface area contributed by atoms with Crippen LogP contribution in [0.25, 0.3) is 11.0 Å². The lowest BCUT2D eigenvalue weighted by Gasteiger charge is -2.30. The molecule has 0 saturated heterocycles. The highest BCUT2D eigenvalue weighted by atomic mass is 16.5. The van der Waals surface area contributed by atoms with Crippen LogP contribution in [0.15, 0.2) is 46.9 Å². The van der Waals surface area contributed by atoms with Crippen LogP contribution in [0.4, 0.5) is 5.69 Å². The molecular formula is C21H21NO3. The van der Waals surface area contributed by atoms with E-state index in [1.807, 2.05) is 26.0 Å². The quantitative estimate of drug-likeness (QED) is 0.662. The van der Waals surface area contributed by atoms with Gasteiger partial charge in [0.15, 0.2) is 0 Å². The van der Waals surface area contributed by atoms with E-state index in [4.69, 9.17) is 9.15 Å². The van der Waals surface area contributed by atoms with Gasteiger partial charge in [0.2, 0.25) is 0 Å². The predicted molar refractivity (Wildman–Crippen MR) is 98.1 cm³/mol. The minimum Gasteiger partial charge on any atom is -0.462 e. The fourth-order valence-electron chi connectivity index (χ4n) is 3.58. The Bertz CT molecular complexity index is 941. The number of anilines is 1. The molecule has 0 spiro atoms. The van der Waals surface area contributed by atoms with E-state index in [2.05, 4.69) is 35.2 Å². The normalized spacial score (nSPS) is 13.8. The van der Waals surface area contributed by atoms with Crippen molar-refractivity contribution in [2.75, 3.05) is 18.1 Å². The van der Waals surface area contributed by atoms with Gasteiger partial charge in [-0.25, -0.2) is 4.79 Å². The number of rotatable bonds is 3. The molecule has 0 N–H and O–H groups in total. The molecule has 0 unspecified atom stereocenters. The van der Waals surface area contributed by atoms with Gasteiger partial charge >= 0.3 is 5.97 Å². The van der Waals surface area contributed by atoms with Crippen LogP contribution in [-0.2, 0) is 17.7 Å². The van der Waals surface area contributed by atoms with Crippen molar-refractivity contribution < 1.29 is 13.9 Å². The maximum Gasteiger partial charge on any atom is 0.342 e. The zero-order chi connectivity index (χ0) is 17.4. The first kappa shape index (κ1) is 15.8. The molecule has 0 saturated carbocycles. The van der Waals surface area contributed by atoms with E-state index in [0.29, 0.717) is 17.9 Å². The van der Waals surface area contributed by atoms with Gasteiger partial charge in [0.1, 0.15) is 16.9 Å². The summed E-state index contributed by atoms with van der Waals surface area (Å²) in [7, 11) is 0. The Labute approximate surface area is 147 Å². The standard InChI is InChI=1S/C21H21NO3/c1-3-24-21(23)20-14(2)25-19-9-8-17(12-18(19)20)22-11-10-15-6-4-5-7-16(15)13-22/h4-9,12H,3,10-11,13H2,1-2H3. The van der Waals surface area contributed by atoms with Gasteiger partial charge in [-0.2, -0.15) is 0 Å². The topological polar surface area (TPSA) is 42.7 Å². The molecule has 25 heavy (non-hydrogen) atoms. The van der Waals surface area contributed by atoms with Gasteiger partial charge in [0, 0.05) is 24.2 Å². The molecule has 0 amide bonds. The monoisotopic (exact) mass is 335 g/mol. The van der Waals surface area contributed by atoms with E-state index >= 15 is 0 Å². The fourth-order valence-corrected chi connectivity index (χ4v) is 3.58. The van der Waals surface area contributed by atoms with Crippen LogP contribution in [0.1, 0.15) is 34.2 Å². The maximum absolute atomic E-state index is 12.3. The van der Waals surface area contributed by atoms with E-state index in [1.54, 1.807) is 0 Å². The van der Waals surface area contributed by atoms with Crippen molar-refractivity contribution in [3.8, 4) is 0 Å². The van der Waals surface area contributed by atoms with Gasteiger partial charge in [-0.3, -0.25) is 0 Å². The van der Waals surface area contributed by atoms with Crippen molar-refractivity contribution >= 4 is 22.6 Å². The third-order valence-corrected chi connectivity index (χ3v) is 4.82. The van der Waals surface area contributed by atoms with Crippen LogP contribution >= 0.6 is 0 Å². The van der Waals surface area contributed by atoms with Crippen molar-refractivity contribution in [1.29, 1.82) is 0 Å². The Morgan fingerprint density at radius 1 is 1.20 bits per heavy atom. The molecule has 0 aliphatic carbocycles. The molecule has 0 bridgehead atoms. The zero-order valence-electron chi connectivity index (χ0n) is 14.5. The molecule has 4 nitrogen and oxygen atoms in total. The van der Waals surface area contributed by atoms with E-state index < -0.39 is 0 Å². The predicted octanol–water partition coefficient (Wildman–Crippen LogP) is 4.48. The number of esters is 1. The van der Waals surface area contributed by atoms with Crippen LogP contribution in [-0.4, -0.2) is 19.1 Å². The maximum atomic E-state index is 12.3. The number of carbonyl (C=O) groups is 1. The fraction of sp³-hybridized carbons (Fsp3) is 0.286. The number of carbonyl (C=O) groups excluding carboxylic acids is 1. The van der Waals surface area contributed by atoms with Crippen LogP contribution < -0.4 is 4.90 Å². The Morgan fingerprint density at radius 3 is 2.80 bits per heavy atom. The molecule has 4 heteroatoms. The van der Waals surface area contributed by atoms with Gasteiger partial charge in [-0.15, -0.1) is 0 Å². The number of furan rings is 1. The first-order valence-corrected chi connectivity index (χ1v) is 8.69. The molecule has 0 fully saturated rings. The second-order valence-electron chi connectivity index (χ2n) is 6.37. The highest BCUT2D eigenvalue weighted by molar-refractivity contribution is 6.05. The van der Waals surface area contributed by atoms with Crippen LogP contribution in [0.5, 0.6) is 0 Å². The van der Waals surface area contributed by atoms with Gasteiger partial charge in [-0.1, -0.05) is 24.3 Å². The van der Waals surface area contributed by atoms with E-state index in [-0.39, 0.29) is 5.97 Å². The highest BCUT2D eigenvalue weighted by Gasteiger charge is 2.22. The van der Waals surface area contributed by atoms with E-state index in [1.165, 1.54) is 11.1 Å². The van der Waals surface area contributed by atoms with Crippen molar-refractivity contribution in [2.24, 2.45) is 0 Å². The molecule has 4 rings (SSSR count). The molecule has 1 aromatic heterocycles. The number of nitrogens with zero attached hydrogens (tertiary/aromatic N) is 1. The van der Waals surface area contributed by atoms with E-state index in [9.17, 15) is 4.79 Å². The molecular weight excluding hydrogens is 314 g/mol. The number of fused-ring (bicyclic) bond motifs is 2. The second kappa shape index (κ2) is 6.28. The molecule has 0 atom stereocenters. The van der Waals surface area contributed by atoms with Crippen molar-refractivity contribution in [1.82, 2.24) is 0 Å². The first-order chi connectivity index (χ1) is 12.2. The lowest BCUT2D eigenvalue weighted by atomic mass is 9.99. The SMILES string of the molecule is CCOC(=O)c1c(C)oc2ccc(N3CCc4ccccc4C3)cc12. The van der Waals surface area contributed by atoms with Crippen LogP contribution in [0.3, 0.4) is 0 Å². The average Bonchev–Trinajstić information content (AvgIpc) is 2.96. The summed E-state index contributed by atoms with van der Waals surface area (Å²) >= 11 is 0. The summed E-state index contributed by atoms with van der Waals surface area (Å²) in [6.45, 7) is 5.82. The van der Waals surface area contributed by atoms with Gasteiger partial charge in [0.25, 0.3) is 0 Å². The Hall–Kier alpha value is -2.75. The summed E-state index contributed by atoms with van der Waals surface area (Å²) in [5, 5.41) is 0.826. The number of benzene rings is 2. The van der Waals surface area contributed by atoms with Gasteiger partial charge < -0.3 is 14.1 Å². The minimum absolute atomic E-state index is 0.320. The Balaban J connectivity index is 1.72. The summed E-state index contributed by atoms with van der Waals surface area (Å²) < 4.78 is 10.9. The molecule has 0 radical (unpaired) electrons. The summed E-state index contributed by atoms with van der Waals surface area (Å²) in [6, 6.07) is 14.6. The lowest BCUT2D eigenvalue weighted by Crippen LogP contribution is -2.30. The molecule has 2 heterocycles. The number of hydrogen-bond acceptors (Lipinski definition) is 4.